The topological polar surface area (TPSA) is 82.2 Å². The maximum atomic E-state index is 12.1. The highest BCUT2D eigenvalue weighted by molar-refractivity contribution is 6.32. The molecule has 2 atom stereocenters. The summed E-state index contributed by atoms with van der Waals surface area (Å²) >= 11 is 6.14. The molecule has 1 aromatic heterocycles. The molecule has 0 aromatic carbocycles. The van der Waals surface area contributed by atoms with E-state index in [-0.39, 0.29) is 16.6 Å². The van der Waals surface area contributed by atoms with Gasteiger partial charge in [0.15, 0.2) is 0 Å². The van der Waals surface area contributed by atoms with Crippen LogP contribution >= 0.6 is 11.6 Å². The molecule has 1 aromatic rings. The molecule has 1 saturated carbocycles. The van der Waals surface area contributed by atoms with E-state index in [4.69, 9.17) is 22.1 Å². The van der Waals surface area contributed by atoms with E-state index in [9.17, 15) is 4.79 Å². The fourth-order valence-electron chi connectivity index (χ4n) is 2.61. The lowest BCUT2D eigenvalue weighted by molar-refractivity contribution is 0.182. The number of nitrogens with one attached hydrogen (secondary N) is 1. The first-order chi connectivity index (χ1) is 9.67. The Kier molecular flexibility index (Phi) is 5.39. The highest BCUT2D eigenvalue weighted by Crippen LogP contribution is 2.29. The Morgan fingerprint density at radius 3 is 3.10 bits per heavy atom. The van der Waals surface area contributed by atoms with Crippen molar-refractivity contribution < 1.29 is 4.74 Å². The molecule has 20 heavy (non-hydrogen) atoms. The molecule has 1 fully saturated rings. The number of methoxy groups -OCH3 is 1. The Morgan fingerprint density at radius 2 is 2.40 bits per heavy atom. The third-order valence-electron chi connectivity index (χ3n) is 3.79. The first kappa shape index (κ1) is 15.3. The van der Waals surface area contributed by atoms with Crippen molar-refractivity contribution in [2.24, 2.45) is 11.7 Å². The van der Waals surface area contributed by atoms with E-state index < -0.39 is 0 Å². The van der Waals surface area contributed by atoms with E-state index in [1.807, 2.05) is 0 Å². The van der Waals surface area contributed by atoms with Crippen LogP contribution in [0.1, 0.15) is 19.3 Å². The predicted molar refractivity (Wildman–Crippen MR) is 79.2 cm³/mol. The second kappa shape index (κ2) is 7.06. The Bertz CT molecular complexity index is 506. The number of nitrogens with zero attached hydrogens (tertiary/aromatic N) is 2. The zero-order valence-corrected chi connectivity index (χ0v) is 12.4. The number of hydrogen-bond donors (Lipinski definition) is 2. The van der Waals surface area contributed by atoms with Crippen LogP contribution in [0.4, 0.5) is 5.69 Å². The summed E-state index contributed by atoms with van der Waals surface area (Å²) in [6.45, 7) is 1.46. The van der Waals surface area contributed by atoms with Gasteiger partial charge < -0.3 is 15.8 Å². The van der Waals surface area contributed by atoms with Crippen molar-refractivity contribution in [3.05, 3.63) is 21.6 Å². The van der Waals surface area contributed by atoms with Gasteiger partial charge in [-0.2, -0.15) is 5.10 Å². The molecule has 0 spiro atoms. The predicted octanol–water partition coefficient (Wildman–Crippen LogP) is 1.08. The smallest absolute Gasteiger partial charge is 0.287 e. The van der Waals surface area contributed by atoms with E-state index in [1.165, 1.54) is 4.68 Å². The monoisotopic (exact) mass is 300 g/mol. The second-order valence-electron chi connectivity index (χ2n) is 5.07. The van der Waals surface area contributed by atoms with Crippen LogP contribution in [0.25, 0.3) is 0 Å². The average Bonchev–Trinajstić information content (AvgIpc) is 2.90. The first-order valence-electron chi connectivity index (χ1n) is 6.88. The molecule has 0 radical (unpaired) electrons. The number of hydrogen-bond acceptors (Lipinski definition) is 5. The van der Waals surface area contributed by atoms with Gasteiger partial charge in [0.05, 0.1) is 25.0 Å². The van der Waals surface area contributed by atoms with Gasteiger partial charge >= 0.3 is 0 Å². The fraction of sp³-hybridized carbons (Fsp3) is 0.692. The summed E-state index contributed by atoms with van der Waals surface area (Å²) in [5.74, 6) is 0.432. The van der Waals surface area contributed by atoms with Gasteiger partial charge in [-0.3, -0.25) is 4.79 Å². The summed E-state index contributed by atoms with van der Waals surface area (Å²) in [5.41, 5.74) is 6.05. The Balaban J connectivity index is 2.13. The number of halogens is 1. The average molecular weight is 301 g/mol. The van der Waals surface area contributed by atoms with Gasteiger partial charge in [0.1, 0.15) is 5.02 Å². The number of nitrogens with two attached hydrogens (primary N) is 1. The van der Waals surface area contributed by atoms with Gasteiger partial charge in [0.2, 0.25) is 0 Å². The van der Waals surface area contributed by atoms with Crippen LogP contribution < -0.4 is 16.6 Å². The minimum Gasteiger partial charge on any atom is -0.383 e. The lowest BCUT2D eigenvalue weighted by atomic mass is 10.0. The van der Waals surface area contributed by atoms with Gasteiger partial charge in [0, 0.05) is 13.2 Å². The van der Waals surface area contributed by atoms with Crippen molar-refractivity contribution in [3.8, 4) is 0 Å². The standard InChI is InChI=1S/C13H21ClN4O2/c1-20-6-5-18-13(19)12(14)11(8-16-18)17-10-4-2-3-9(10)7-15/h8-10,17H,2-7,15H2,1H3. The summed E-state index contributed by atoms with van der Waals surface area (Å²) in [7, 11) is 1.58. The molecule has 0 saturated heterocycles. The summed E-state index contributed by atoms with van der Waals surface area (Å²) < 4.78 is 6.25. The van der Waals surface area contributed by atoms with Crippen LogP contribution in [0.3, 0.4) is 0 Å². The Hall–Kier alpha value is -1.11. The third-order valence-corrected chi connectivity index (χ3v) is 4.16. The molecule has 3 N–H and O–H groups in total. The van der Waals surface area contributed by atoms with Crippen LogP contribution in [-0.2, 0) is 11.3 Å². The molecule has 1 aliphatic carbocycles. The van der Waals surface area contributed by atoms with Gasteiger partial charge in [-0.15, -0.1) is 0 Å². The zero-order chi connectivity index (χ0) is 14.5. The SMILES string of the molecule is COCCn1ncc(NC2CCCC2CN)c(Cl)c1=O. The van der Waals surface area contributed by atoms with Gasteiger partial charge in [-0.1, -0.05) is 18.0 Å². The van der Waals surface area contributed by atoms with Crippen LogP contribution in [0.5, 0.6) is 0 Å². The summed E-state index contributed by atoms with van der Waals surface area (Å²) in [5, 5.41) is 7.61. The molecule has 0 bridgehead atoms. The Labute approximate surface area is 123 Å². The lowest BCUT2D eigenvalue weighted by Crippen LogP contribution is -2.31. The molecule has 2 unspecified atom stereocenters. The zero-order valence-electron chi connectivity index (χ0n) is 11.6. The lowest BCUT2D eigenvalue weighted by Gasteiger charge is -2.21. The van der Waals surface area contributed by atoms with Crippen molar-refractivity contribution in [1.82, 2.24) is 9.78 Å². The van der Waals surface area contributed by atoms with Crippen molar-refractivity contribution in [2.45, 2.75) is 31.8 Å². The third kappa shape index (κ3) is 3.31. The van der Waals surface area contributed by atoms with Crippen molar-refractivity contribution >= 4 is 17.3 Å². The van der Waals surface area contributed by atoms with Crippen molar-refractivity contribution in [2.75, 3.05) is 25.6 Å². The highest BCUT2D eigenvalue weighted by Gasteiger charge is 2.26. The second-order valence-corrected chi connectivity index (χ2v) is 5.45. The van der Waals surface area contributed by atoms with Gasteiger partial charge in [-0.25, -0.2) is 4.68 Å². The molecule has 0 aliphatic heterocycles. The Morgan fingerprint density at radius 1 is 1.60 bits per heavy atom. The number of aromatic nitrogens is 2. The molecule has 0 amide bonds. The van der Waals surface area contributed by atoms with Crippen molar-refractivity contribution in [1.29, 1.82) is 0 Å². The highest BCUT2D eigenvalue weighted by atomic mass is 35.5. The molecular weight excluding hydrogens is 280 g/mol. The van der Waals surface area contributed by atoms with Crippen LogP contribution in [0.2, 0.25) is 5.02 Å². The van der Waals surface area contributed by atoms with E-state index in [0.29, 0.717) is 31.3 Å². The summed E-state index contributed by atoms with van der Waals surface area (Å²) in [6, 6.07) is 0.272. The van der Waals surface area contributed by atoms with Crippen LogP contribution in [-0.4, -0.2) is 36.1 Å². The molecule has 6 nitrogen and oxygen atoms in total. The summed E-state index contributed by atoms with van der Waals surface area (Å²) in [6.07, 6.45) is 4.91. The molecule has 7 heteroatoms. The van der Waals surface area contributed by atoms with E-state index in [1.54, 1.807) is 13.3 Å². The minimum absolute atomic E-state index is 0.179. The molecule has 2 rings (SSSR count). The first-order valence-corrected chi connectivity index (χ1v) is 7.26. The maximum Gasteiger partial charge on any atom is 0.287 e. The summed E-state index contributed by atoms with van der Waals surface area (Å²) in [4.78, 5) is 12.1. The van der Waals surface area contributed by atoms with Gasteiger partial charge in [0.25, 0.3) is 5.56 Å². The molecule has 1 heterocycles. The van der Waals surface area contributed by atoms with E-state index in [2.05, 4.69) is 10.4 Å². The molecule has 1 aliphatic rings. The van der Waals surface area contributed by atoms with Crippen molar-refractivity contribution in [3.63, 3.8) is 0 Å². The molecule has 112 valence electrons. The van der Waals surface area contributed by atoms with Crippen LogP contribution in [0.15, 0.2) is 11.0 Å². The normalized spacial score (nSPS) is 22.1. The van der Waals surface area contributed by atoms with E-state index >= 15 is 0 Å². The molecular formula is C13H21ClN4O2. The fourth-order valence-corrected chi connectivity index (χ4v) is 2.81. The number of ether oxygens (including phenoxy) is 1. The van der Waals surface area contributed by atoms with E-state index in [0.717, 1.165) is 19.3 Å². The van der Waals surface area contributed by atoms with Gasteiger partial charge in [-0.05, 0) is 25.3 Å². The number of rotatable bonds is 6. The van der Waals surface area contributed by atoms with Crippen LogP contribution in [0, 0.1) is 5.92 Å². The largest absolute Gasteiger partial charge is 0.383 e. The maximum absolute atomic E-state index is 12.1. The number of anilines is 1. The minimum atomic E-state index is -0.295. The quantitative estimate of drug-likeness (QED) is 0.821.